The van der Waals surface area contributed by atoms with Crippen LogP contribution in [0.3, 0.4) is 0 Å². The molecule has 0 bridgehead atoms. The molecule has 0 radical (unpaired) electrons. The number of amides is 1. The normalized spacial score (nSPS) is 22.3. The lowest BCUT2D eigenvalue weighted by Gasteiger charge is -2.50. The van der Waals surface area contributed by atoms with E-state index < -0.39 is 18.0 Å². The third kappa shape index (κ3) is 4.33. The first kappa shape index (κ1) is 21.8. The molecule has 166 valence electrons. The van der Waals surface area contributed by atoms with Gasteiger partial charge in [-0.15, -0.1) is 0 Å². The summed E-state index contributed by atoms with van der Waals surface area (Å²) < 4.78 is 55.9. The minimum Gasteiger partial charge on any atom is -0.342 e. The van der Waals surface area contributed by atoms with Gasteiger partial charge in [-0.25, -0.2) is 4.39 Å². The van der Waals surface area contributed by atoms with Crippen molar-refractivity contribution in [3.8, 4) is 0 Å². The van der Waals surface area contributed by atoms with E-state index in [1.807, 2.05) is 6.07 Å². The van der Waals surface area contributed by atoms with Gasteiger partial charge in [0.15, 0.2) is 5.92 Å². The Kier molecular flexibility index (Phi) is 6.06. The minimum atomic E-state index is -4.65. The number of hydrogen-bond acceptors (Lipinski definition) is 2. The van der Waals surface area contributed by atoms with Crippen molar-refractivity contribution in [1.82, 2.24) is 10.2 Å². The van der Waals surface area contributed by atoms with Gasteiger partial charge in [-0.3, -0.25) is 4.79 Å². The van der Waals surface area contributed by atoms with E-state index in [9.17, 15) is 22.4 Å². The van der Waals surface area contributed by atoms with Crippen LogP contribution in [0.1, 0.15) is 42.2 Å². The van der Waals surface area contributed by atoms with Crippen LogP contribution < -0.4 is 5.32 Å². The molecular formula is C24H26F4N2O. The minimum absolute atomic E-state index is 0.0358. The molecule has 2 heterocycles. The molecule has 2 unspecified atom stereocenters. The molecule has 1 N–H and O–H groups in total. The highest BCUT2D eigenvalue weighted by molar-refractivity contribution is 5.84. The predicted octanol–water partition coefficient (Wildman–Crippen LogP) is 4.86. The number of alkyl halides is 3. The van der Waals surface area contributed by atoms with E-state index in [0.29, 0.717) is 24.9 Å². The molecule has 0 saturated carbocycles. The molecule has 2 atom stereocenters. The monoisotopic (exact) mass is 434 g/mol. The van der Waals surface area contributed by atoms with Crippen molar-refractivity contribution in [1.29, 1.82) is 0 Å². The van der Waals surface area contributed by atoms with Gasteiger partial charge in [0.2, 0.25) is 5.91 Å². The van der Waals surface area contributed by atoms with Crippen LogP contribution in [0.25, 0.3) is 0 Å². The Hall–Kier alpha value is -2.41. The summed E-state index contributed by atoms with van der Waals surface area (Å²) in [5.74, 6) is -3.37. The van der Waals surface area contributed by atoms with Gasteiger partial charge in [-0.05, 0) is 48.4 Å². The van der Waals surface area contributed by atoms with Gasteiger partial charge in [0.05, 0.1) is 0 Å². The van der Waals surface area contributed by atoms with Crippen LogP contribution in [0.5, 0.6) is 0 Å². The number of nitrogens with one attached hydrogen (secondary N) is 1. The molecule has 3 nitrogen and oxygen atoms in total. The number of benzene rings is 2. The van der Waals surface area contributed by atoms with Crippen LogP contribution in [0.2, 0.25) is 0 Å². The first-order valence-corrected chi connectivity index (χ1v) is 10.7. The molecule has 2 aromatic rings. The Balaban J connectivity index is 1.54. The summed E-state index contributed by atoms with van der Waals surface area (Å²) in [5, 5.41) is 3.33. The van der Waals surface area contributed by atoms with E-state index in [4.69, 9.17) is 0 Å². The van der Waals surface area contributed by atoms with Crippen molar-refractivity contribution < 1.29 is 22.4 Å². The van der Waals surface area contributed by atoms with E-state index >= 15 is 0 Å². The molecule has 2 saturated heterocycles. The molecule has 2 aliphatic rings. The molecule has 2 aromatic carbocycles. The fourth-order valence-corrected chi connectivity index (χ4v) is 5.24. The highest BCUT2D eigenvalue weighted by atomic mass is 19.4. The van der Waals surface area contributed by atoms with E-state index in [1.165, 1.54) is 35.2 Å². The number of carbonyl (C=O) groups is 1. The standard InChI is InChI=1S/C24H26F4N2O/c25-20-9-5-4-8-18(20)19-16-29-13-10-23(19)11-14-30(15-12-23)22(31)21(24(26,27)28)17-6-2-1-3-7-17/h1-9,19,21,29H,10-16H2. The van der Waals surface area contributed by atoms with Crippen molar-refractivity contribution in [3.63, 3.8) is 0 Å². The van der Waals surface area contributed by atoms with E-state index in [2.05, 4.69) is 5.32 Å². The summed E-state index contributed by atoms with van der Waals surface area (Å²) >= 11 is 0. The molecular weight excluding hydrogens is 408 g/mol. The smallest absolute Gasteiger partial charge is 0.342 e. The van der Waals surface area contributed by atoms with Crippen LogP contribution in [0.4, 0.5) is 17.6 Å². The second-order valence-corrected chi connectivity index (χ2v) is 8.60. The van der Waals surface area contributed by atoms with Crippen molar-refractivity contribution in [2.75, 3.05) is 26.2 Å². The quantitative estimate of drug-likeness (QED) is 0.700. The summed E-state index contributed by atoms with van der Waals surface area (Å²) in [4.78, 5) is 14.3. The SMILES string of the molecule is O=C(C(c1ccccc1)C(F)(F)F)N1CCC2(CCNCC2c2ccccc2F)CC1. The van der Waals surface area contributed by atoms with Crippen LogP contribution in [-0.2, 0) is 4.79 Å². The lowest BCUT2D eigenvalue weighted by molar-refractivity contribution is -0.173. The molecule has 4 rings (SSSR count). The third-order valence-electron chi connectivity index (χ3n) is 6.95. The fourth-order valence-electron chi connectivity index (χ4n) is 5.24. The summed E-state index contributed by atoms with van der Waals surface area (Å²) in [7, 11) is 0. The molecule has 2 fully saturated rings. The Morgan fingerprint density at radius 1 is 1.00 bits per heavy atom. The Labute approximate surface area is 179 Å². The number of halogens is 4. The molecule has 2 aliphatic heterocycles. The number of hydrogen-bond donors (Lipinski definition) is 1. The number of likely N-dealkylation sites (tertiary alicyclic amines) is 1. The third-order valence-corrected chi connectivity index (χ3v) is 6.95. The van der Waals surface area contributed by atoms with Gasteiger partial charge < -0.3 is 10.2 Å². The average molecular weight is 434 g/mol. The first-order chi connectivity index (χ1) is 14.8. The molecule has 0 aliphatic carbocycles. The number of rotatable bonds is 3. The van der Waals surface area contributed by atoms with Gasteiger partial charge in [-0.1, -0.05) is 48.5 Å². The van der Waals surface area contributed by atoms with Crippen LogP contribution in [0.15, 0.2) is 54.6 Å². The number of piperidine rings is 2. The van der Waals surface area contributed by atoms with Crippen molar-refractivity contribution >= 4 is 5.91 Å². The fraction of sp³-hybridized carbons (Fsp3) is 0.458. The highest BCUT2D eigenvalue weighted by Crippen LogP contribution is 2.49. The summed E-state index contributed by atoms with van der Waals surface area (Å²) in [6, 6.07) is 14.1. The van der Waals surface area contributed by atoms with Crippen LogP contribution in [-0.4, -0.2) is 43.2 Å². The summed E-state index contributed by atoms with van der Waals surface area (Å²) in [5.41, 5.74) is 0.392. The zero-order valence-corrected chi connectivity index (χ0v) is 17.2. The molecule has 31 heavy (non-hydrogen) atoms. The maximum absolute atomic E-state index is 14.5. The average Bonchev–Trinajstić information content (AvgIpc) is 2.75. The van der Waals surface area contributed by atoms with Gasteiger partial charge in [0, 0.05) is 25.6 Å². The summed E-state index contributed by atoms with van der Waals surface area (Å²) in [6.45, 7) is 1.92. The van der Waals surface area contributed by atoms with Gasteiger partial charge in [0.25, 0.3) is 0 Å². The Morgan fingerprint density at radius 3 is 2.29 bits per heavy atom. The van der Waals surface area contributed by atoms with E-state index in [0.717, 1.165) is 13.0 Å². The Bertz CT molecular complexity index is 907. The van der Waals surface area contributed by atoms with E-state index in [-0.39, 0.29) is 35.8 Å². The molecule has 1 spiro atoms. The van der Waals surface area contributed by atoms with Crippen LogP contribution in [0, 0.1) is 11.2 Å². The first-order valence-electron chi connectivity index (χ1n) is 10.7. The second kappa shape index (κ2) is 8.61. The van der Waals surface area contributed by atoms with Gasteiger partial charge in [-0.2, -0.15) is 13.2 Å². The molecule has 7 heteroatoms. The lowest BCUT2D eigenvalue weighted by Crippen LogP contribution is -2.52. The van der Waals surface area contributed by atoms with Gasteiger partial charge in [0.1, 0.15) is 5.82 Å². The predicted molar refractivity (Wildman–Crippen MR) is 110 cm³/mol. The largest absolute Gasteiger partial charge is 0.404 e. The zero-order chi connectivity index (χ0) is 22.1. The maximum Gasteiger partial charge on any atom is 0.404 e. The molecule has 0 aromatic heterocycles. The topological polar surface area (TPSA) is 32.3 Å². The second-order valence-electron chi connectivity index (χ2n) is 8.60. The van der Waals surface area contributed by atoms with Crippen molar-refractivity contribution in [2.45, 2.75) is 37.3 Å². The zero-order valence-electron chi connectivity index (χ0n) is 17.2. The van der Waals surface area contributed by atoms with Crippen LogP contribution >= 0.6 is 0 Å². The van der Waals surface area contributed by atoms with Crippen molar-refractivity contribution in [2.24, 2.45) is 5.41 Å². The van der Waals surface area contributed by atoms with E-state index in [1.54, 1.807) is 18.2 Å². The summed E-state index contributed by atoms with van der Waals surface area (Å²) in [6.07, 6.45) is -2.70. The maximum atomic E-state index is 14.5. The molecule has 1 amide bonds. The van der Waals surface area contributed by atoms with Gasteiger partial charge >= 0.3 is 6.18 Å². The lowest BCUT2D eigenvalue weighted by atomic mass is 9.62. The number of nitrogens with zero attached hydrogens (tertiary/aromatic N) is 1. The Morgan fingerprint density at radius 2 is 1.65 bits per heavy atom. The highest BCUT2D eigenvalue weighted by Gasteiger charge is 2.50. The number of carbonyl (C=O) groups excluding carboxylic acids is 1. The van der Waals surface area contributed by atoms with Crippen molar-refractivity contribution in [3.05, 3.63) is 71.5 Å².